The van der Waals surface area contributed by atoms with Crippen molar-refractivity contribution in [3.63, 3.8) is 0 Å². The van der Waals surface area contributed by atoms with Gasteiger partial charge in [0, 0.05) is 10.1 Å². The molecular weight excluding hydrogens is 282 g/mol. The van der Waals surface area contributed by atoms with Crippen molar-refractivity contribution in [1.29, 1.82) is 0 Å². The summed E-state index contributed by atoms with van der Waals surface area (Å²) < 4.78 is 5.02. The van der Waals surface area contributed by atoms with Crippen LogP contribution >= 0.6 is 11.8 Å². The van der Waals surface area contributed by atoms with Crippen molar-refractivity contribution in [1.82, 2.24) is 5.32 Å². The Bertz CT molecular complexity index is 518. The lowest BCUT2D eigenvalue weighted by Crippen LogP contribution is -2.50. The number of rotatable bonds is 5. The van der Waals surface area contributed by atoms with Gasteiger partial charge in [0.1, 0.15) is 5.54 Å². The molecule has 2 unspecified atom stereocenters. The van der Waals surface area contributed by atoms with Crippen LogP contribution in [0.25, 0.3) is 0 Å². The Morgan fingerprint density at radius 1 is 1.48 bits per heavy atom. The Morgan fingerprint density at radius 2 is 2.24 bits per heavy atom. The van der Waals surface area contributed by atoms with Gasteiger partial charge in [0.25, 0.3) is 0 Å². The summed E-state index contributed by atoms with van der Waals surface area (Å²) in [4.78, 5) is 13.5. The molecule has 0 aliphatic heterocycles. The lowest BCUT2D eigenvalue weighted by Gasteiger charge is -2.27. The molecule has 1 fully saturated rings. The fourth-order valence-electron chi connectivity index (χ4n) is 3.07. The third kappa shape index (κ3) is 3.61. The molecule has 21 heavy (non-hydrogen) atoms. The Labute approximate surface area is 131 Å². The van der Waals surface area contributed by atoms with Gasteiger partial charge in [-0.05, 0) is 51.3 Å². The van der Waals surface area contributed by atoms with E-state index in [0.29, 0.717) is 5.25 Å². The van der Waals surface area contributed by atoms with Gasteiger partial charge in [-0.25, -0.2) is 0 Å². The zero-order chi connectivity index (χ0) is 15.5. The van der Waals surface area contributed by atoms with Crippen LogP contribution in [0, 0.1) is 13.8 Å². The van der Waals surface area contributed by atoms with Gasteiger partial charge in [0.2, 0.25) is 0 Å². The van der Waals surface area contributed by atoms with E-state index in [9.17, 15) is 4.79 Å². The average Bonchev–Trinajstić information content (AvgIpc) is 2.87. The number of hydrogen-bond acceptors (Lipinski definition) is 4. The van der Waals surface area contributed by atoms with Crippen molar-refractivity contribution in [2.24, 2.45) is 0 Å². The molecule has 0 heterocycles. The molecule has 2 rings (SSSR count). The van der Waals surface area contributed by atoms with Gasteiger partial charge in [0.15, 0.2) is 0 Å². The van der Waals surface area contributed by atoms with Gasteiger partial charge in [-0.15, -0.1) is 11.8 Å². The third-order valence-corrected chi connectivity index (χ3v) is 5.63. The largest absolute Gasteiger partial charge is 0.468 e. The van der Waals surface area contributed by atoms with Crippen molar-refractivity contribution < 1.29 is 9.53 Å². The van der Waals surface area contributed by atoms with E-state index in [1.165, 1.54) is 23.1 Å². The maximum Gasteiger partial charge on any atom is 0.326 e. The normalized spacial score (nSPS) is 25.0. The highest BCUT2D eigenvalue weighted by atomic mass is 32.2. The molecule has 1 saturated carbocycles. The van der Waals surface area contributed by atoms with E-state index in [2.05, 4.69) is 37.4 Å². The molecule has 0 saturated heterocycles. The summed E-state index contributed by atoms with van der Waals surface area (Å²) in [7, 11) is 1.48. The second kappa shape index (κ2) is 6.84. The van der Waals surface area contributed by atoms with Crippen molar-refractivity contribution in [2.45, 2.75) is 55.7 Å². The van der Waals surface area contributed by atoms with Crippen LogP contribution in [0.3, 0.4) is 0 Å². The smallest absolute Gasteiger partial charge is 0.326 e. The number of carbonyl (C=O) groups excluding carboxylic acids is 1. The molecule has 4 heteroatoms. The van der Waals surface area contributed by atoms with Gasteiger partial charge in [-0.3, -0.25) is 4.79 Å². The Morgan fingerprint density at radius 3 is 2.90 bits per heavy atom. The summed E-state index contributed by atoms with van der Waals surface area (Å²) in [5, 5.41) is 3.82. The number of benzene rings is 1. The monoisotopic (exact) mass is 307 g/mol. The molecule has 1 aromatic carbocycles. The molecule has 0 aromatic heterocycles. The summed E-state index contributed by atoms with van der Waals surface area (Å²) in [6.07, 6.45) is 2.74. The summed E-state index contributed by atoms with van der Waals surface area (Å²) in [6, 6.07) is 6.56. The summed E-state index contributed by atoms with van der Waals surface area (Å²) in [5.74, 6) is -0.117. The van der Waals surface area contributed by atoms with Crippen molar-refractivity contribution in [3.8, 4) is 0 Å². The fourth-order valence-corrected chi connectivity index (χ4v) is 4.54. The van der Waals surface area contributed by atoms with Gasteiger partial charge in [0.05, 0.1) is 7.11 Å². The van der Waals surface area contributed by atoms with Crippen molar-refractivity contribution >= 4 is 17.7 Å². The van der Waals surface area contributed by atoms with Gasteiger partial charge in [-0.2, -0.15) is 0 Å². The van der Waals surface area contributed by atoms with Crippen LogP contribution in [0.5, 0.6) is 0 Å². The first-order valence-corrected chi connectivity index (χ1v) is 8.46. The minimum atomic E-state index is -0.487. The number of hydrogen-bond donors (Lipinski definition) is 1. The van der Waals surface area contributed by atoms with Gasteiger partial charge in [-0.1, -0.05) is 24.6 Å². The first-order chi connectivity index (χ1) is 10.0. The molecule has 0 spiro atoms. The number of aryl methyl sites for hydroxylation is 2. The van der Waals surface area contributed by atoms with Gasteiger partial charge < -0.3 is 10.1 Å². The molecular formula is C17H25NO2S. The quantitative estimate of drug-likeness (QED) is 0.845. The molecule has 2 atom stereocenters. The van der Waals surface area contributed by atoms with Crippen LogP contribution in [0.1, 0.15) is 37.3 Å². The fraction of sp³-hybridized carbons (Fsp3) is 0.588. The maximum atomic E-state index is 12.2. The molecule has 1 aliphatic rings. The maximum absolute atomic E-state index is 12.2. The third-order valence-electron chi connectivity index (χ3n) is 4.20. The number of nitrogens with one attached hydrogen (secondary N) is 1. The van der Waals surface area contributed by atoms with E-state index in [0.717, 1.165) is 25.8 Å². The van der Waals surface area contributed by atoms with E-state index in [1.54, 1.807) is 0 Å². The average molecular weight is 307 g/mol. The predicted molar refractivity (Wildman–Crippen MR) is 87.8 cm³/mol. The van der Waals surface area contributed by atoms with E-state index in [4.69, 9.17) is 4.74 Å². The zero-order valence-electron chi connectivity index (χ0n) is 13.4. The first-order valence-electron chi connectivity index (χ1n) is 7.58. The molecule has 0 amide bonds. The SMILES string of the molecule is CCNC1(C(=O)OC)CCC(Sc2cc(C)ccc2C)C1. The second-order valence-electron chi connectivity index (χ2n) is 5.86. The lowest BCUT2D eigenvalue weighted by atomic mass is 9.98. The van der Waals surface area contributed by atoms with E-state index < -0.39 is 5.54 Å². The predicted octanol–water partition coefficient (Wildman–Crippen LogP) is 3.47. The highest BCUT2D eigenvalue weighted by molar-refractivity contribution is 8.00. The molecule has 0 bridgehead atoms. The van der Waals surface area contributed by atoms with Crippen LogP contribution in [0.2, 0.25) is 0 Å². The number of ether oxygens (including phenoxy) is 1. The van der Waals surface area contributed by atoms with Crippen LogP contribution < -0.4 is 5.32 Å². The van der Waals surface area contributed by atoms with E-state index in [-0.39, 0.29) is 5.97 Å². The van der Waals surface area contributed by atoms with Crippen LogP contribution in [-0.2, 0) is 9.53 Å². The standard InChI is InChI=1S/C17H25NO2S/c1-5-18-17(16(19)20-4)9-8-14(11-17)21-15-10-12(2)6-7-13(15)3/h6-7,10,14,18H,5,8-9,11H2,1-4H3. The van der Waals surface area contributed by atoms with E-state index in [1.807, 2.05) is 18.7 Å². The second-order valence-corrected chi connectivity index (χ2v) is 7.20. The number of methoxy groups -OCH3 is 1. The molecule has 116 valence electrons. The van der Waals surface area contributed by atoms with Crippen LogP contribution in [-0.4, -0.2) is 30.4 Å². The molecule has 0 radical (unpaired) electrons. The molecule has 1 aromatic rings. The Balaban J connectivity index is 2.10. The minimum absolute atomic E-state index is 0.117. The highest BCUT2D eigenvalue weighted by Crippen LogP contribution is 2.41. The Kier molecular flexibility index (Phi) is 5.33. The van der Waals surface area contributed by atoms with Crippen LogP contribution in [0.15, 0.2) is 23.1 Å². The van der Waals surface area contributed by atoms with E-state index >= 15 is 0 Å². The topological polar surface area (TPSA) is 38.3 Å². The minimum Gasteiger partial charge on any atom is -0.468 e. The Hall–Kier alpha value is -1.00. The summed E-state index contributed by atoms with van der Waals surface area (Å²) >= 11 is 1.90. The van der Waals surface area contributed by atoms with Crippen LogP contribution in [0.4, 0.5) is 0 Å². The number of esters is 1. The summed E-state index contributed by atoms with van der Waals surface area (Å²) in [6.45, 7) is 7.09. The zero-order valence-corrected chi connectivity index (χ0v) is 14.2. The van der Waals surface area contributed by atoms with Gasteiger partial charge >= 0.3 is 5.97 Å². The molecule has 1 aliphatic carbocycles. The first kappa shape index (κ1) is 16.4. The number of carbonyl (C=O) groups is 1. The lowest BCUT2D eigenvalue weighted by molar-refractivity contribution is -0.148. The number of thioether (sulfide) groups is 1. The van der Waals surface area contributed by atoms with Crippen molar-refractivity contribution in [2.75, 3.05) is 13.7 Å². The number of likely N-dealkylation sites (N-methyl/N-ethyl adjacent to an activating group) is 1. The summed E-state index contributed by atoms with van der Waals surface area (Å²) in [5.41, 5.74) is 2.11. The molecule has 1 N–H and O–H groups in total. The highest BCUT2D eigenvalue weighted by Gasteiger charge is 2.45. The molecule has 3 nitrogen and oxygen atoms in total. The van der Waals surface area contributed by atoms with Crippen molar-refractivity contribution in [3.05, 3.63) is 29.3 Å².